The molecule has 2 heterocycles. The molecule has 2 aromatic heterocycles. The highest BCUT2D eigenvalue weighted by atomic mass is 19.4. The van der Waals surface area contributed by atoms with Gasteiger partial charge in [0, 0.05) is 30.0 Å². The summed E-state index contributed by atoms with van der Waals surface area (Å²) in [5.74, 6) is 0.485. The number of pyridine rings is 1. The Morgan fingerprint density at radius 1 is 1.12 bits per heavy atom. The fraction of sp³-hybridized carbons (Fsp3) is 0.235. The molecule has 0 fully saturated rings. The average molecular weight is 333 g/mol. The molecule has 0 aliphatic heterocycles. The summed E-state index contributed by atoms with van der Waals surface area (Å²) in [5, 5.41) is 0.739. The molecule has 0 saturated carbocycles. The van der Waals surface area contributed by atoms with Crippen molar-refractivity contribution in [1.82, 2.24) is 15.0 Å². The van der Waals surface area contributed by atoms with Gasteiger partial charge in [0.25, 0.3) is 0 Å². The minimum Gasteiger partial charge on any atom is -0.374 e. The van der Waals surface area contributed by atoms with Crippen molar-refractivity contribution < 1.29 is 17.9 Å². The second-order valence-electron chi connectivity index (χ2n) is 5.09. The number of hydrogen-bond acceptors (Lipinski definition) is 4. The van der Waals surface area contributed by atoms with E-state index in [1.54, 1.807) is 24.4 Å². The van der Waals surface area contributed by atoms with Crippen molar-refractivity contribution in [1.29, 1.82) is 0 Å². The molecule has 0 unspecified atom stereocenters. The van der Waals surface area contributed by atoms with Crippen molar-refractivity contribution in [2.45, 2.75) is 19.7 Å². The van der Waals surface area contributed by atoms with Crippen LogP contribution in [0.1, 0.15) is 18.3 Å². The summed E-state index contributed by atoms with van der Waals surface area (Å²) < 4.78 is 44.8. The molecule has 0 aliphatic carbocycles. The number of nitrogens with zero attached hydrogens (tertiary/aromatic N) is 3. The first-order valence-corrected chi connectivity index (χ1v) is 7.35. The Morgan fingerprint density at radius 2 is 1.96 bits per heavy atom. The SMILES string of the molecule is CCOCc1ncc2ccc(-c3ncccc3C(F)(F)F)cc2n1. The zero-order chi connectivity index (χ0) is 17.2. The van der Waals surface area contributed by atoms with Crippen molar-refractivity contribution in [3.63, 3.8) is 0 Å². The lowest BCUT2D eigenvalue weighted by Crippen LogP contribution is -2.08. The second-order valence-corrected chi connectivity index (χ2v) is 5.09. The molecule has 7 heteroatoms. The van der Waals surface area contributed by atoms with Gasteiger partial charge in [0.05, 0.1) is 16.8 Å². The average Bonchev–Trinajstić information content (AvgIpc) is 2.58. The first kappa shape index (κ1) is 16.3. The van der Waals surface area contributed by atoms with Crippen LogP contribution >= 0.6 is 0 Å². The maximum atomic E-state index is 13.2. The number of ether oxygens (including phenoxy) is 1. The van der Waals surface area contributed by atoms with Gasteiger partial charge in [0.1, 0.15) is 6.61 Å². The molecule has 0 radical (unpaired) electrons. The minimum atomic E-state index is -4.47. The summed E-state index contributed by atoms with van der Waals surface area (Å²) >= 11 is 0. The topological polar surface area (TPSA) is 47.9 Å². The first-order valence-electron chi connectivity index (χ1n) is 7.35. The first-order chi connectivity index (χ1) is 11.5. The van der Waals surface area contributed by atoms with Crippen LogP contribution in [0.4, 0.5) is 13.2 Å². The normalized spacial score (nSPS) is 11.8. The lowest BCUT2D eigenvalue weighted by Gasteiger charge is -2.12. The van der Waals surface area contributed by atoms with Gasteiger partial charge in [-0.25, -0.2) is 9.97 Å². The van der Waals surface area contributed by atoms with Gasteiger partial charge < -0.3 is 4.74 Å². The van der Waals surface area contributed by atoms with Crippen LogP contribution in [0.3, 0.4) is 0 Å². The Hall–Kier alpha value is -2.54. The maximum absolute atomic E-state index is 13.2. The van der Waals surface area contributed by atoms with Crippen LogP contribution in [0, 0.1) is 0 Å². The van der Waals surface area contributed by atoms with E-state index in [-0.39, 0.29) is 12.3 Å². The van der Waals surface area contributed by atoms with E-state index in [2.05, 4.69) is 15.0 Å². The molecule has 0 atom stereocenters. The molecule has 24 heavy (non-hydrogen) atoms. The fourth-order valence-corrected chi connectivity index (χ4v) is 2.34. The van der Waals surface area contributed by atoms with Gasteiger partial charge in [-0.3, -0.25) is 4.98 Å². The van der Waals surface area contributed by atoms with Crippen LogP contribution < -0.4 is 0 Å². The van der Waals surface area contributed by atoms with E-state index in [9.17, 15) is 13.2 Å². The highest BCUT2D eigenvalue weighted by Gasteiger charge is 2.34. The standard InChI is InChI=1S/C17H14F3N3O/c1-2-24-10-15-22-9-12-6-5-11(8-14(12)23-15)16-13(17(18,19)20)4-3-7-21-16/h3-9H,2,10H2,1H3. The van der Waals surface area contributed by atoms with E-state index in [1.165, 1.54) is 12.3 Å². The fourth-order valence-electron chi connectivity index (χ4n) is 2.34. The lowest BCUT2D eigenvalue weighted by atomic mass is 10.0. The van der Waals surface area contributed by atoms with E-state index < -0.39 is 11.7 Å². The van der Waals surface area contributed by atoms with Gasteiger partial charge in [-0.1, -0.05) is 12.1 Å². The molecule has 3 aromatic rings. The largest absolute Gasteiger partial charge is 0.418 e. The Kier molecular flexibility index (Phi) is 4.44. The minimum absolute atomic E-state index is 0.114. The molecule has 0 N–H and O–H groups in total. The number of fused-ring (bicyclic) bond motifs is 1. The zero-order valence-electron chi connectivity index (χ0n) is 12.8. The van der Waals surface area contributed by atoms with Crippen LogP contribution in [-0.4, -0.2) is 21.6 Å². The third-order valence-corrected chi connectivity index (χ3v) is 3.45. The van der Waals surface area contributed by atoms with Crippen molar-refractivity contribution in [3.8, 4) is 11.3 Å². The maximum Gasteiger partial charge on any atom is 0.418 e. The van der Waals surface area contributed by atoms with Gasteiger partial charge in [-0.2, -0.15) is 13.2 Å². The summed E-state index contributed by atoms with van der Waals surface area (Å²) in [4.78, 5) is 12.4. The second kappa shape index (κ2) is 6.52. The number of alkyl halides is 3. The van der Waals surface area contributed by atoms with Crippen LogP contribution in [-0.2, 0) is 17.5 Å². The van der Waals surface area contributed by atoms with Gasteiger partial charge in [-0.15, -0.1) is 0 Å². The number of hydrogen-bond donors (Lipinski definition) is 0. The Labute approximate surface area is 136 Å². The van der Waals surface area contributed by atoms with Gasteiger partial charge in [-0.05, 0) is 25.1 Å². The Morgan fingerprint density at radius 3 is 2.71 bits per heavy atom. The molecule has 0 spiro atoms. The zero-order valence-corrected chi connectivity index (χ0v) is 12.8. The number of halogens is 3. The molecule has 4 nitrogen and oxygen atoms in total. The molecular formula is C17H14F3N3O. The monoisotopic (exact) mass is 333 g/mol. The third kappa shape index (κ3) is 3.35. The molecule has 1 aromatic carbocycles. The van der Waals surface area contributed by atoms with Crippen molar-refractivity contribution in [3.05, 3.63) is 54.1 Å². The summed E-state index contributed by atoms with van der Waals surface area (Å²) in [5.41, 5.74) is 0.0253. The summed E-state index contributed by atoms with van der Waals surface area (Å²) in [6.07, 6.45) is -1.50. The van der Waals surface area contributed by atoms with E-state index in [1.807, 2.05) is 6.92 Å². The molecular weight excluding hydrogens is 319 g/mol. The van der Waals surface area contributed by atoms with Gasteiger partial charge in [0.15, 0.2) is 5.82 Å². The molecule has 0 saturated heterocycles. The van der Waals surface area contributed by atoms with Gasteiger partial charge >= 0.3 is 6.18 Å². The molecule has 0 bridgehead atoms. The van der Waals surface area contributed by atoms with Crippen LogP contribution in [0.15, 0.2) is 42.7 Å². The van der Waals surface area contributed by atoms with Crippen molar-refractivity contribution in [2.24, 2.45) is 0 Å². The Balaban J connectivity index is 2.08. The smallest absolute Gasteiger partial charge is 0.374 e. The summed E-state index contributed by atoms with van der Waals surface area (Å²) in [7, 11) is 0. The van der Waals surface area contributed by atoms with Crippen molar-refractivity contribution in [2.75, 3.05) is 6.61 Å². The van der Waals surface area contributed by atoms with E-state index in [0.717, 1.165) is 11.5 Å². The van der Waals surface area contributed by atoms with Gasteiger partial charge in [0.2, 0.25) is 0 Å². The summed E-state index contributed by atoms with van der Waals surface area (Å²) in [6.45, 7) is 2.65. The third-order valence-electron chi connectivity index (χ3n) is 3.45. The molecule has 124 valence electrons. The predicted molar refractivity (Wildman–Crippen MR) is 83.1 cm³/mol. The van der Waals surface area contributed by atoms with E-state index >= 15 is 0 Å². The van der Waals surface area contributed by atoms with Crippen LogP contribution in [0.25, 0.3) is 22.2 Å². The summed E-state index contributed by atoms with van der Waals surface area (Å²) in [6, 6.07) is 7.15. The lowest BCUT2D eigenvalue weighted by molar-refractivity contribution is -0.137. The number of benzene rings is 1. The number of rotatable bonds is 4. The highest BCUT2D eigenvalue weighted by Crippen LogP contribution is 2.36. The molecule has 0 amide bonds. The van der Waals surface area contributed by atoms with Crippen LogP contribution in [0.2, 0.25) is 0 Å². The van der Waals surface area contributed by atoms with E-state index in [4.69, 9.17) is 4.74 Å². The number of aromatic nitrogens is 3. The predicted octanol–water partition coefficient (Wildman–Crippen LogP) is 4.25. The molecule has 0 aliphatic rings. The molecule has 3 rings (SSSR count). The van der Waals surface area contributed by atoms with Crippen LogP contribution in [0.5, 0.6) is 0 Å². The van der Waals surface area contributed by atoms with Crippen molar-refractivity contribution >= 4 is 10.9 Å². The highest BCUT2D eigenvalue weighted by molar-refractivity contribution is 5.83. The quantitative estimate of drug-likeness (QED) is 0.716. The van der Waals surface area contributed by atoms with E-state index in [0.29, 0.717) is 23.5 Å². The Bertz CT molecular complexity index is 865.